The van der Waals surface area contributed by atoms with Gasteiger partial charge in [0.25, 0.3) is 0 Å². The van der Waals surface area contributed by atoms with Gasteiger partial charge in [0, 0.05) is 36.5 Å². The summed E-state index contributed by atoms with van der Waals surface area (Å²) in [5.41, 5.74) is 1.31. The van der Waals surface area contributed by atoms with Crippen molar-refractivity contribution in [2.24, 2.45) is 0 Å². The first kappa shape index (κ1) is 22.2. The Morgan fingerprint density at radius 2 is 1.91 bits per heavy atom. The molecule has 4 rings (SSSR count). The number of rotatable bonds is 8. The van der Waals surface area contributed by atoms with Gasteiger partial charge in [0.15, 0.2) is 5.82 Å². The van der Waals surface area contributed by atoms with Crippen molar-refractivity contribution < 1.29 is 13.9 Å². The van der Waals surface area contributed by atoms with Crippen LogP contribution in [-0.2, 0) is 4.79 Å². The number of para-hydroxylation sites is 1. The maximum absolute atomic E-state index is 14.7. The topological polar surface area (TPSA) is 78.3 Å². The average Bonchev–Trinajstić information content (AvgIpc) is 3.32. The molecule has 0 unspecified atom stereocenters. The van der Waals surface area contributed by atoms with Crippen LogP contribution >= 0.6 is 0 Å². The molecule has 2 aromatic carbocycles. The predicted molar refractivity (Wildman–Crippen MR) is 127 cm³/mol. The highest BCUT2D eigenvalue weighted by molar-refractivity contribution is 6.13. The van der Waals surface area contributed by atoms with E-state index in [9.17, 15) is 9.18 Å². The molecular weight excluding hydrogens is 419 g/mol. The number of nitrogens with one attached hydrogen (secondary N) is 2. The van der Waals surface area contributed by atoms with Crippen LogP contribution in [-0.4, -0.2) is 40.6 Å². The predicted octanol–water partition coefficient (Wildman–Crippen LogP) is 5.02. The fourth-order valence-electron chi connectivity index (χ4n) is 3.95. The van der Waals surface area contributed by atoms with Crippen molar-refractivity contribution in [2.75, 3.05) is 18.4 Å². The minimum atomic E-state index is -0.541. The van der Waals surface area contributed by atoms with E-state index in [0.717, 1.165) is 24.8 Å². The number of carbonyl (C=O) groups is 1. The second-order valence-electron chi connectivity index (χ2n) is 7.77. The van der Waals surface area contributed by atoms with Crippen molar-refractivity contribution in [3.63, 3.8) is 0 Å². The molecule has 0 aliphatic carbocycles. The minimum absolute atomic E-state index is 0.0560. The van der Waals surface area contributed by atoms with E-state index in [-0.39, 0.29) is 23.3 Å². The van der Waals surface area contributed by atoms with Gasteiger partial charge in [-0.05, 0) is 55.3 Å². The molecule has 168 valence electrons. The van der Waals surface area contributed by atoms with Crippen molar-refractivity contribution >= 4 is 17.3 Å². The fourth-order valence-corrected chi connectivity index (χ4v) is 3.95. The van der Waals surface area contributed by atoms with Crippen LogP contribution in [0.4, 0.5) is 10.1 Å². The Hall–Kier alpha value is -4.00. The zero-order chi connectivity index (χ0) is 23.2. The van der Waals surface area contributed by atoms with E-state index in [0.29, 0.717) is 30.0 Å². The molecule has 2 N–H and O–H groups in total. The number of nitrogens with zero attached hydrogens (tertiary/aromatic N) is 2. The zero-order valence-corrected chi connectivity index (χ0v) is 18.1. The second-order valence-corrected chi connectivity index (χ2v) is 7.77. The van der Waals surface area contributed by atoms with Gasteiger partial charge in [-0.2, -0.15) is 0 Å². The van der Waals surface area contributed by atoms with Gasteiger partial charge in [0.05, 0.1) is 17.6 Å². The van der Waals surface area contributed by atoms with Crippen LogP contribution in [0.3, 0.4) is 0 Å². The fraction of sp³-hybridized carbons (Fsp3) is 0.192. The van der Waals surface area contributed by atoms with Gasteiger partial charge in [-0.25, -0.2) is 4.39 Å². The lowest BCUT2D eigenvalue weighted by atomic mass is 10.0. The van der Waals surface area contributed by atoms with Gasteiger partial charge >= 0.3 is 0 Å². The maximum Gasteiger partial charge on any atom is 0.246 e. The molecule has 1 saturated heterocycles. The van der Waals surface area contributed by atoms with Crippen molar-refractivity contribution in [2.45, 2.75) is 18.9 Å². The summed E-state index contributed by atoms with van der Waals surface area (Å²) in [5.74, 6) is 0.694. The smallest absolute Gasteiger partial charge is 0.246 e. The summed E-state index contributed by atoms with van der Waals surface area (Å²) in [5, 5.41) is 11.8. The molecule has 1 aromatic heterocycles. The normalized spacial score (nSPS) is 15.2. The molecule has 7 heteroatoms. The summed E-state index contributed by atoms with van der Waals surface area (Å²) in [4.78, 5) is 17.7. The van der Waals surface area contributed by atoms with Crippen LogP contribution in [0.25, 0.3) is 0 Å². The number of hydrogen-bond acceptors (Lipinski definition) is 5. The molecule has 1 aliphatic rings. The second kappa shape index (κ2) is 10.1. The van der Waals surface area contributed by atoms with E-state index < -0.39 is 5.82 Å². The van der Waals surface area contributed by atoms with E-state index in [1.807, 2.05) is 30.3 Å². The van der Waals surface area contributed by atoms with Gasteiger partial charge in [0.1, 0.15) is 11.5 Å². The number of benzene rings is 2. The molecule has 6 nitrogen and oxygen atoms in total. The summed E-state index contributed by atoms with van der Waals surface area (Å²) < 4.78 is 20.5. The highest BCUT2D eigenvalue weighted by Gasteiger charge is 2.27. The third-order valence-corrected chi connectivity index (χ3v) is 5.64. The van der Waals surface area contributed by atoms with Gasteiger partial charge < -0.3 is 15.0 Å². The maximum atomic E-state index is 14.7. The van der Waals surface area contributed by atoms with Crippen molar-refractivity contribution in [1.82, 2.24) is 9.88 Å². The van der Waals surface area contributed by atoms with E-state index in [1.54, 1.807) is 29.2 Å². The number of likely N-dealkylation sites (tertiary alicyclic amines) is 1. The largest absolute Gasteiger partial charge is 0.457 e. The minimum Gasteiger partial charge on any atom is -0.457 e. The van der Waals surface area contributed by atoms with Crippen LogP contribution in [0.2, 0.25) is 0 Å². The van der Waals surface area contributed by atoms with Crippen LogP contribution in [0.1, 0.15) is 24.0 Å². The van der Waals surface area contributed by atoms with Crippen molar-refractivity contribution in [3.8, 4) is 11.5 Å². The SMILES string of the molecule is C=CC(=O)N1CCC[C@@H]1CNc1c(F)cncc1C(=N)c1ccc(Oc2ccccc2)cc1. The van der Waals surface area contributed by atoms with Crippen LogP contribution in [0, 0.1) is 11.2 Å². The Kier molecular flexibility index (Phi) is 6.78. The summed E-state index contributed by atoms with van der Waals surface area (Å²) >= 11 is 0. The Labute approximate surface area is 192 Å². The number of halogens is 1. The van der Waals surface area contributed by atoms with Gasteiger partial charge in [-0.3, -0.25) is 15.2 Å². The Balaban J connectivity index is 1.50. The van der Waals surface area contributed by atoms with Crippen LogP contribution in [0.15, 0.2) is 79.6 Å². The van der Waals surface area contributed by atoms with Gasteiger partial charge in [-0.1, -0.05) is 24.8 Å². The number of aromatic nitrogens is 1. The highest BCUT2D eigenvalue weighted by Crippen LogP contribution is 2.26. The third kappa shape index (κ3) is 5.09. The molecular formula is C26H25FN4O2. The number of amides is 1. The Morgan fingerprint density at radius 1 is 1.18 bits per heavy atom. The summed E-state index contributed by atoms with van der Waals surface area (Å²) in [6.45, 7) is 4.60. The summed E-state index contributed by atoms with van der Waals surface area (Å²) in [6, 6.07) is 16.4. The summed E-state index contributed by atoms with van der Waals surface area (Å²) in [7, 11) is 0. The molecule has 0 bridgehead atoms. The van der Waals surface area contributed by atoms with Gasteiger partial charge in [0.2, 0.25) is 5.91 Å². The third-order valence-electron chi connectivity index (χ3n) is 5.64. The first-order valence-electron chi connectivity index (χ1n) is 10.8. The number of carbonyl (C=O) groups excluding carboxylic acids is 1. The molecule has 0 spiro atoms. The molecule has 0 radical (unpaired) electrons. The zero-order valence-electron chi connectivity index (χ0n) is 18.1. The van der Waals surface area contributed by atoms with Crippen molar-refractivity contribution in [1.29, 1.82) is 5.41 Å². The van der Waals surface area contributed by atoms with E-state index in [1.165, 1.54) is 12.3 Å². The summed E-state index contributed by atoms with van der Waals surface area (Å²) in [6.07, 6.45) is 5.62. The molecule has 1 amide bonds. The number of pyridine rings is 1. The molecule has 1 atom stereocenters. The van der Waals surface area contributed by atoms with Crippen molar-refractivity contribution in [3.05, 3.63) is 96.6 Å². The quantitative estimate of drug-likeness (QED) is 0.378. The van der Waals surface area contributed by atoms with E-state index in [2.05, 4.69) is 16.9 Å². The van der Waals surface area contributed by atoms with Gasteiger partial charge in [-0.15, -0.1) is 0 Å². The van der Waals surface area contributed by atoms with Crippen LogP contribution < -0.4 is 10.1 Å². The first-order valence-corrected chi connectivity index (χ1v) is 10.8. The standard InChI is InChI=1S/C26H25FN4O2/c1-2-24(32)31-14-6-7-19(31)15-30-26-22(16-29-17-23(26)27)25(28)18-10-12-21(13-11-18)33-20-8-4-3-5-9-20/h2-5,8-13,16-17,19,28H,1,6-7,14-15H2,(H,29,30)/t19-/m1/s1. The number of hydrogen-bond donors (Lipinski definition) is 2. The molecule has 1 fully saturated rings. The lowest BCUT2D eigenvalue weighted by Gasteiger charge is -2.24. The van der Waals surface area contributed by atoms with E-state index in [4.69, 9.17) is 10.1 Å². The van der Waals surface area contributed by atoms with Crippen LogP contribution in [0.5, 0.6) is 11.5 Å². The molecule has 2 heterocycles. The Morgan fingerprint density at radius 3 is 2.64 bits per heavy atom. The lowest BCUT2D eigenvalue weighted by Crippen LogP contribution is -2.38. The number of anilines is 1. The molecule has 0 saturated carbocycles. The average molecular weight is 445 g/mol. The first-order chi connectivity index (χ1) is 16.1. The molecule has 33 heavy (non-hydrogen) atoms. The molecule has 3 aromatic rings. The Bertz CT molecular complexity index is 1150. The lowest BCUT2D eigenvalue weighted by molar-refractivity contribution is -0.126. The number of ether oxygens (including phenoxy) is 1. The monoisotopic (exact) mass is 444 g/mol. The van der Waals surface area contributed by atoms with E-state index >= 15 is 0 Å². The highest BCUT2D eigenvalue weighted by atomic mass is 19.1. The molecule has 1 aliphatic heterocycles.